The second-order valence-electron chi connectivity index (χ2n) is 6.17. The molecule has 0 saturated carbocycles. The van der Waals surface area contributed by atoms with Crippen molar-refractivity contribution in [3.05, 3.63) is 60.2 Å². The van der Waals surface area contributed by atoms with Crippen molar-refractivity contribution >= 4 is 57.5 Å². The van der Waals surface area contributed by atoms with E-state index in [9.17, 15) is 9.59 Å². The molecule has 0 aliphatic heterocycles. The minimum atomic E-state index is -0.171. The maximum Gasteiger partial charge on any atom is 0.236 e. The van der Waals surface area contributed by atoms with Gasteiger partial charge in [-0.05, 0) is 24.6 Å². The van der Waals surface area contributed by atoms with Crippen molar-refractivity contribution in [3.8, 4) is 5.75 Å². The highest BCUT2D eigenvalue weighted by atomic mass is 32.2. The molecule has 2 aromatic carbocycles. The van der Waals surface area contributed by atoms with E-state index in [1.807, 2.05) is 55.5 Å². The lowest BCUT2D eigenvalue weighted by molar-refractivity contribution is -0.114. The molecule has 0 aliphatic carbocycles. The van der Waals surface area contributed by atoms with Crippen LogP contribution in [0.3, 0.4) is 0 Å². The third-order valence-corrected chi connectivity index (χ3v) is 6.76. The summed E-state index contributed by atoms with van der Waals surface area (Å²) < 4.78 is 6.12. The van der Waals surface area contributed by atoms with E-state index in [0.717, 1.165) is 5.75 Å². The Morgan fingerprint density at radius 2 is 1.71 bits per heavy atom. The van der Waals surface area contributed by atoms with E-state index in [1.165, 1.54) is 40.4 Å². The summed E-state index contributed by atoms with van der Waals surface area (Å²) in [6, 6.07) is 17.3. The summed E-state index contributed by atoms with van der Waals surface area (Å²) in [6.45, 7) is 2.41. The molecule has 3 aromatic rings. The van der Waals surface area contributed by atoms with E-state index in [4.69, 9.17) is 4.74 Å². The first-order valence-electron chi connectivity index (χ1n) is 9.53. The molecule has 0 atom stereocenters. The fourth-order valence-electron chi connectivity index (χ4n) is 2.47. The Hall–Kier alpha value is -2.56. The molecule has 2 amide bonds. The number of thioether (sulfide) groups is 2. The van der Waals surface area contributed by atoms with Crippen LogP contribution in [0, 0.1) is 0 Å². The number of carbonyl (C=O) groups excluding carboxylic acids is 2. The fraction of sp³-hybridized carbons (Fsp3) is 0.238. The first kappa shape index (κ1) is 23.1. The van der Waals surface area contributed by atoms with Gasteiger partial charge >= 0.3 is 0 Å². The second-order valence-corrected chi connectivity index (χ2v) is 9.35. The quantitative estimate of drug-likeness (QED) is 0.311. The maximum atomic E-state index is 12.3. The van der Waals surface area contributed by atoms with Crippen molar-refractivity contribution < 1.29 is 14.3 Å². The van der Waals surface area contributed by atoms with Crippen LogP contribution in [0.5, 0.6) is 5.75 Å². The number of anilines is 2. The summed E-state index contributed by atoms with van der Waals surface area (Å²) in [5, 5.41) is 14.0. The lowest BCUT2D eigenvalue weighted by atomic mass is 10.2. The highest BCUT2D eigenvalue weighted by Gasteiger charge is 2.12. The number of hydrogen-bond acceptors (Lipinski definition) is 8. The van der Waals surface area contributed by atoms with Crippen LogP contribution in [-0.2, 0) is 15.3 Å². The third-order valence-electron chi connectivity index (χ3n) is 3.79. The Kier molecular flexibility index (Phi) is 9.19. The monoisotopic (exact) mass is 474 g/mol. The number of amides is 2. The van der Waals surface area contributed by atoms with E-state index in [0.29, 0.717) is 33.3 Å². The SMILES string of the molecule is CCOc1ccccc1NC(=O)CSc1nnc(NC(=O)CSCc2ccccc2)s1. The van der Waals surface area contributed by atoms with E-state index in [-0.39, 0.29) is 17.6 Å². The first-order chi connectivity index (χ1) is 15.1. The minimum Gasteiger partial charge on any atom is -0.492 e. The maximum absolute atomic E-state index is 12.3. The number of nitrogens with one attached hydrogen (secondary N) is 2. The zero-order chi connectivity index (χ0) is 21.9. The number of rotatable bonds is 11. The Labute approximate surface area is 193 Å². The number of benzene rings is 2. The molecule has 0 bridgehead atoms. The number of hydrogen-bond donors (Lipinski definition) is 2. The van der Waals surface area contributed by atoms with Gasteiger partial charge in [0, 0.05) is 5.75 Å². The topological polar surface area (TPSA) is 93.2 Å². The van der Waals surface area contributed by atoms with Gasteiger partial charge in [-0.2, -0.15) is 0 Å². The molecule has 0 aliphatic rings. The van der Waals surface area contributed by atoms with Gasteiger partial charge in [-0.1, -0.05) is 65.6 Å². The van der Waals surface area contributed by atoms with Crippen molar-refractivity contribution in [1.29, 1.82) is 0 Å². The predicted octanol–water partition coefficient (Wildman–Crippen LogP) is 4.54. The lowest BCUT2D eigenvalue weighted by Crippen LogP contribution is -2.14. The summed E-state index contributed by atoms with van der Waals surface area (Å²) in [5.74, 6) is 1.62. The standard InChI is InChI=1S/C21H22N4O3S3/c1-2-28-17-11-7-6-10-16(17)22-19(27)14-30-21-25-24-20(31-21)23-18(26)13-29-12-15-8-4-3-5-9-15/h3-11H,2,12-14H2,1H3,(H,22,27)(H,23,24,26). The van der Waals surface area contributed by atoms with Crippen LogP contribution in [0.4, 0.5) is 10.8 Å². The van der Waals surface area contributed by atoms with Crippen LogP contribution < -0.4 is 15.4 Å². The normalized spacial score (nSPS) is 10.5. The van der Waals surface area contributed by atoms with Crippen LogP contribution in [-0.4, -0.2) is 40.1 Å². The molecule has 0 saturated heterocycles. The third kappa shape index (κ3) is 7.89. The molecule has 162 valence electrons. The Morgan fingerprint density at radius 1 is 0.968 bits per heavy atom. The molecule has 0 unspecified atom stereocenters. The molecule has 2 N–H and O–H groups in total. The van der Waals surface area contributed by atoms with Gasteiger partial charge in [0.1, 0.15) is 5.75 Å². The van der Waals surface area contributed by atoms with Gasteiger partial charge in [-0.3, -0.25) is 14.9 Å². The average Bonchev–Trinajstić information content (AvgIpc) is 3.22. The highest BCUT2D eigenvalue weighted by Crippen LogP contribution is 2.27. The molecule has 3 rings (SSSR count). The van der Waals surface area contributed by atoms with Gasteiger partial charge in [-0.25, -0.2) is 0 Å². The van der Waals surface area contributed by atoms with E-state index < -0.39 is 0 Å². The van der Waals surface area contributed by atoms with Gasteiger partial charge in [0.25, 0.3) is 0 Å². The predicted molar refractivity (Wildman–Crippen MR) is 128 cm³/mol. The Bertz CT molecular complexity index is 998. The van der Waals surface area contributed by atoms with Gasteiger partial charge < -0.3 is 10.1 Å². The summed E-state index contributed by atoms with van der Waals surface area (Å²) >= 11 is 4.05. The van der Waals surface area contributed by atoms with E-state index in [2.05, 4.69) is 20.8 Å². The zero-order valence-electron chi connectivity index (χ0n) is 16.9. The van der Waals surface area contributed by atoms with Crippen LogP contribution in [0.1, 0.15) is 12.5 Å². The molecule has 1 heterocycles. The largest absolute Gasteiger partial charge is 0.492 e. The van der Waals surface area contributed by atoms with Crippen LogP contribution in [0.15, 0.2) is 58.9 Å². The minimum absolute atomic E-state index is 0.126. The molecule has 31 heavy (non-hydrogen) atoms. The van der Waals surface area contributed by atoms with Crippen LogP contribution >= 0.6 is 34.9 Å². The van der Waals surface area contributed by atoms with Crippen molar-refractivity contribution in [1.82, 2.24) is 10.2 Å². The van der Waals surface area contributed by atoms with Gasteiger partial charge in [-0.15, -0.1) is 22.0 Å². The van der Waals surface area contributed by atoms with Gasteiger partial charge in [0.2, 0.25) is 16.9 Å². The number of para-hydroxylation sites is 2. The zero-order valence-corrected chi connectivity index (χ0v) is 19.3. The second kappa shape index (κ2) is 12.3. The molecule has 0 radical (unpaired) electrons. The van der Waals surface area contributed by atoms with E-state index in [1.54, 1.807) is 6.07 Å². The summed E-state index contributed by atoms with van der Waals surface area (Å²) in [4.78, 5) is 24.3. The summed E-state index contributed by atoms with van der Waals surface area (Å²) in [5.41, 5.74) is 1.81. The number of ether oxygens (including phenoxy) is 1. The average molecular weight is 475 g/mol. The van der Waals surface area contributed by atoms with Crippen molar-refractivity contribution in [2.45, 2.75) is 17.0 Å². The first-order valence-corrected chi connectivity index (χ1v) is 12.5. The molecule has 1 aromatic heterocycles. The molecule has 0 fully saturated rings. The number of aromatic nitrogens is 2. The smallest absolute Gasteiger partial charge is 0.236 e. The molecule has 7 nitrogen and oxygen atoms in total. The Morgan fingerprint density at radius 3 is 2.52 bits per heavy atom. The molecule has 0 spiro atoms. The van der Waals surface area contributed by atoms with E-state index >= 15 is 0 Å². The molecular formula is C21H22N4O3S3. The number of carbonyl (C=O) groups is 2. The van der Waals surface area contributed by atoms with Crippen molar-refractivity contribution in [3.63, 3.8) is 0 Å². The molecular weight excluding hydrogens is 452 g/mol. The summed E-state index contributed by atoms with van der Waals surface area (Å²) in [7, 11) is 0. The Balaban J connectivity index is 1.40. The van der Waals surface area contributed by atoms with Crippen molar-refractivity contribution in [2.24, 2.45) is 0 Å². The van der Waals surface area contributed by atoms with Gasteiger partial charge in [0.05, 0.1) is 23.8 Å². The highest BCUT2D eigenvalue weighted by molar-refractivity contribution is 8.01. The number of nitrogens with zero attached hydrogens (tertiary/aromatic N) is 2. The lowest BCUT2D eigenvalue weighted by Gasteiger charge is -2.10. The van der Waals surface area contributed by atoms with Gasteiger partial charge in [0.15, 0.2) is 4.34 Å². The van der Waals surface area contributed by atoms with Crippen LogP contribution in [0.25, 0.3) is 0 Å². The fourth-order valence-corrected chi connectivity index (χ4v) is 4.83. The van der Waals surface area contributed by atoms with Crippen molar-refractivity contribution in [2.75, 3.05) is 28.7 Å². The molecule has 10 heteroatoms. The van der Waals surface area contributed by atoms with Crippen LogP contribution in [0.2, 0.25) is 0 Å². The summed E-state index contributed by atoms with van der Waals surface area (Å²) in [6.07, 6.45) is 0.